The average molecular weight is 438 g/mol. The summed E-state index contributed by atoms with van der Waals surface area (Å²) in [5.74, 6) is 0.852. The van der Waals surface area contributed by atoms with Gasteiger partial charge in [-0.25, -0.2) is 0 Å². The Kier molecular flexibility index (Phi) is 7.42. The van der Waals surface area contributed by atoms with Gasteiger partial charge in [-0.3, -0.25) is 4.79 Å². The molecule has 0 heterocycles. The number of carbonyl (C=O) groups is 1. The van der Waals surface area contributed by atoms with Crippen LogP contribution in [0.15, 0.2) is 108 Å². The van der Waals surface area contributed by atoms with Crippen molar-refractivity contribution in [2.75, 3.05) is 5.32 Å². The highest BCUT2D eigenvalue weighted by molar-refractivity contribution is 7.98. The molecule has 4 aromatic rings. The van der Waals surface area contributed by atoms with Crippen LogP contribution in [0.1, 0.15) is 32.6 Å². The zero-order valence-electron chi connectivity index (χ0n) is 18.3. The number of thioether (sulfide) groups is 1. The summed E-state index contributed by atoms with van der Waals surface area (Å²) in [6.45, 7) is 2.05. The Hall–Kier alpha value is -3.30. The van der Waals surface area contributed by atoms with Crippen molar-refractivity contribution in [3.63, 3.8) is 0 Å². The fraction of sp³-hybridized carbons (Fsp3) is 0.138. The minimum Gasteiger partial charge on any atom is -0.322 e. The highest BCUT2D eigenvalue weighted by atomic mass is 32.2. The molecule has 0 atom stereocenters. The molecule has 32 heavy (non-hydrogen) atoms. The van der Waals surface area contributed by atoms with Gasteiger partial charge < -0.3 is 5.32 Å². The Labute approximate surface area is 194 Å². The van der Waals surface area contributed by atoms with Gasteiger partial charge >= 0.3 is 0 Å². The second kappa shape index (κ2) is 10.8. The Morgan fingerprint density at radius 1 is 0.750 bits per heavy atom. The van der Waals surface area contributed by atoms with E-state index in [-0.39, 0.29) is 5.91 Å². The first-order chi connectivity index (χ1) is 15.7. The monoisotopic (exact) mass is 437 g/mol. The van der Waals surface area contributed by atoms with E-state index in [4.69, 9.17) is 0 Å². The SMILES string of the molecule is Cc1cc(CSc2ccccc2)ccc1NC(=O)c1ccccc1CCc1ccccc1. The van der Waals surface area contributed by atoms with Gasteiger partial charge in [-0.1, -0.05) is 78.9 Å². The van der Waals surface area contributed by atoms with Crippen LogP contribution in [-0.2, 0) is 18.6 Å². The van der Waals surface area contributed by atoms with E-state index < -0.39 is 0 Å². The van der Waals surface area contributed by atoms with Crippen molar-refractivity contribution in [1.29, 1.82) is 0 Å². The van der Waals surface area contributed by atoms with Crippen molar-refractivity contribution < 1.29 is 4.79 Å². The maximum Gasteiger partial charge on any atom is 0.255 e. The second-order valence-corrected chi connectivity index (χ2v) is 8.90. The van der Waals surface area contributed by atoms with Crippen LogP contribution in [0.25, 0.3) is 0 Å². The van der Waals surface area contributed by atoms with Gasteiger partial charge in [-0.15, -0.1) is 11.8 Å². The summed E-state index contributed by atoms with van der Waals surface area (Å²) in [5.41, 5.74) is 6.28. The van der Waals surface area contributed by atoms with Crippen molar-refractivity contribution in [1.82, 2.24) is 0 Å². The van der Waals surface area contributed by atoms with Crippen molar-refractivity contribution in [2.45, 2.75) is 30.4 Å². The average Bonchev–Trinajstić information content (AvgIpc) is 2.84. The third kappa shape index (κ3) is 5.89. The predicted molar refractivity (Wildman–Crippen MR) is 135 cm³/mol. The molecule has 0 saturated heterocycles. The molecule has 0 fully saturated rings. The molecule has 0 radical (unpaired) electrons. The fourth-order valence-corrected chi connectivity index (χ4v) is 4.57. The van der Waals surface area contributed by atoms with Gasteiger partial charge in [0, 0.05) is 21.9 Å². The number of rotatable bonds is 8. The topological polar surface area (TPSA) is 29.1 Å². The number of hydrogen-bond donors (Lipinski definition) is 1. The summed E-state index contributed by atoms with van der Waals surface area (Å²) in [6.07, 6.45) is 1.75. The lowest BCUT2D eigenvalue weighted by Gasteiger charge is -2.13. The molecule has 160 valence electrons. The van der Waals surface area contributed by atoms with Gasteiger partial charge in [0.15, 0.2) is 0 Å². The molecular weight excluding hydrogens is 410 g/mol. The molecule has 0 spiro atoms. The quantitative estimate of drug-likeness (QED) is 0.293. The Bertz CT molecular complexity index is 1170. The first kappa shape index (κ1) is 21.9. The number of hydrogen-bond acceptors (Lipinski definition) is 2. The number of benzene rings is 4. The number of aryl methyl sites for hydroxylation is 3. The van der Waals surface area contributed by atoms with E-state index in [0.29, 0.717) is 0 Å². The molecule has 0 aromatic heterocycles. The van der Waals surface area contributed by atoms with Crippen LogP contribution in [0.2, 0.25) is 0 Å². The van der Waals surface area contributed by atoms with Crippen LogP contribution in [0.4, 0.5) is 5.69 Å². The Morgan fingerprint density at radius 3 is 2.19 bits per heavy atom. The largest absolute Gasteiger partial charge is 0.322 e. The van der Waals surface area contributed by atoms with Gasteiger partial charge in [-0.05, 0) is 66.3 Å². The lowest BCUT2D eigenvalue weighted by Crippen LogP contribution is -2.15. The van der Waals surface area contributed by atoms with Crippen molar-refractivity contribution >= 4 is 23.4 Å². The minimum atomic E-state index is -0.0526. The zero-order valence-corrected chi connectivity index (χ0v) is 19.1. The lowest BCUT2D eigenvalue weighted by molar-refractivity contribution is 0.102. The van der Waals surface area contributed by atoms with Crippen LogP contribution in [0, 0.1) is 6.92 Å². The predicted octanol–water partition coefficient (Wildman–Crippen LogP) is 7.32. The van der Waals surface area contributed by atoms with E-state index in [0.717, 1.165) is 41.0 Å². The minimum absolute atomic E-state index is 0.0526. The van der Waals surface area contributed by atoms with Crippen LogP contribution in [0.5, 0.6) is 0 Å². The molecule has 0 aliphatic carbocycles. The molecule has 0 aliphatic rings. The first-order valence-electron chi connectivity index (χ1n) is 10.9. The molecule has 0 unspecified atom stereocenters. The fourth-order valence-electron chi connectivity index (χ4n) is 3.71. The van der Waals surface area contributed by atoms with E-state index in [1.54, 1.807) is 0 Å². The summed E-state index contributed by atoms with van der Waals surface area (Å²) in [7, 11) is 0. The Morgan fingerprint density at radius 2 is 1.44 bits per heavy atom. The number of carbonyl (C=O) groups excluding carboxylic acids is 1. The molecule has 1 N–H and O–H groups in total. The van der Waals surface area contributed by atoms with E-state index in [1.165, 1.54) is 16.0 Å². The summed E-state index contributed by atoms with van der Waals surface area (Å²) in [6, 6.07) is 35.0. The molecule has 3 heteroatoms. The molecule has 1 amide bonds. The lowest BCUT2D eigenvalue weighted by atomic mass is 9.99. The third-order valence-corrected chi connectivity index (χ3v) is 6.56. The van der Waals surface area contributed by atoms with Gasteiger partial charge in [-0.2, -0.15) is 0 Å². The normalized spacial score (nSPS) is 10.7. The van der Waals surface area contributed by atoms with E-state index in [1.807, 2.05) is 55.1 Å². The molecule has 0 aliphatic heterocycles. The summed E-state index contributed by atoms with van der Waals surface area (Å²) in [5, 5.41) is 3.12. The van der Waals surface area contributed by atoms with Gasteiger partial charge in [0.2, 0.25) is 0 Å². The maximum atomic E-state index is 13.1. The molecular formula is C29H27NOS. The van der Waals surface area contributed by atoms with Crippen LogP contribution in [0.3, 0.4) is 0 Å². The summed E-state index contributed by atoms with van der Waals surface area (Å²) < 4.78 is 0. The first-order valence-corrected chi connectivity index (χ1v) is 11.9. The molecule has 0 saturated carbocycles. The van der Waals surface area contributed by atoms with Gasteiger partial charge in [0.1, 0.15) is 0 Å². The number of anilines is 1. The second-order valence-electron chi connectivity index (χ2n) is 7.85. The Balaban J connectivity index is 1.41. The van der Waals surface area contributed by atoms with Gasteiger partial charge in [0.25, 0.3) is 5.91 Å². The zero-order chi connectivity index (χ0) is 22.2. The number of nitrogens with one attached hydrogen (secondary N) is 1. The highest BCUT2D eigenvalue weighted by Gasteiger charge is 2.12. The summed E-state index contributed by atoms with van der Waals surface area (Å²) in [4.78, 5) is 14.3. The molecule has 2 nitrogen and oxygen atoms in total. The molecule has 4 aromatic carbocycles. The molecule has 0 bridgehead atoms. The maximum absolute atomic E-state index is 13.1. The van der Waals surface area contributed by atoms with Gasteiger partial charge in [0.05, 0.1) is 0 Å². The number of amides is 1. The van der Waals surface area contributed by atoms with Crippen LogP contribution >= 0.6 is 11.8 Å². The van der Waals surface area contributed by atoms with Crippen LogP contribution in [-0.4, -0.2) is 5.91 Å². The van der Waals surface area contributed by atoms with Crippen molar-refractivity contribution in [3.8, 4) is 0 Å². The van der Waals surface area contributed by atoms with Crippen molar-refractivity contribution in [2.24, 2.45) is 0 Å². The smallest absolute Gasteiger partial charge is 0.255 e. The van der Waals surface area contributed by atoms with Crippen molar-refractivity contribution in [3.05, 3.63) is 131 Å². The summed E-state index contributed by atoms with van der Waals surface area (Å²) >= 11 is 1.82. The van der Waals surface area contributed by atoms with E-state index in [9.17, 15) is 4.79 Å². The highest BCUT2D eigenvalue weighted by Crippen LogP contribution is 2.25. The van der Waals surface area contributed by atoms with E-state index in [2.05, 4.69) is 72.0 Å². The van der Waals surface area contributed by atoms with E-state index >= 15 is 0 Å². The van der Waals surface area contributed by atoms with Crippen LogP contribution < -0.4 is 5.32 Å². The standard InChI is InChI=1S/C29H27NOS/c1-22-20-24(21-32-26-13-6-3-7-14-26)17-19-28(22)30-29(31)27-15-9-8-12-25(27)18-16-23-10-4-2-5-11-23/h2-15,17,19-20H,16,18,21H2,1H3,(H,30,31). The third-order valence-electron chi connectivity index (χ3n) is 5.48. The molecule has 4 rings (SSSR count).